The van der Waals surface area contributed by atoms with Gasteiger partial charge in [-0.1, -0.05) is 164 Å². The summed E-state index contributed by atoms with van der Waals surface area (Å²) in [7, 11) is 0. The largest absolute Gasteiger partial charge is 0.309 e. The number of para-hydroxylation sites is 6. The average Bonchev–Trinajstić information content (AvgIpc) is 1.62. The Bertz CT molecular complexity index is 5740. The lowest BCUT2D eigenvalue weighted by Crippen LogP contribution is -2.03. The number of nitriles is 2. The van der Waals surface area contributed by atoms with E-state index in [1.807, 2.05) is 66.7 Å². The molecule has 5 aromatic heterocycles. The Labute approximate surface area is 492 Å². The standard InChI is InChI=1S/C77H45N9/c78-46-48-19-18-22-50(43-48)64-45-55(84-68-34-17-13-30-63(68)72-70(84)42-40-60-58-28-11-15-32-66(58)86(74(60)72)53-25-8-3-9-26-53)36-38-61(64)77-81-75(49-20-4-1-5-21-49)80-76(82-77)56-37-35-54(44-51(56)47-79)83-67-33-16-12-29-62(67)71-69(83)41-39-59-57-27-10-14-31-65(57)85(73(59)71)52-23-6-2-7-24-52/h1-45H. The van der Waals surface area contributed by atoms with E-state index >= 15 is 0 Å². The average molecular weight is 1100 g/mol. The molecular formula is C77H45N9. The van der Waals surface area contributed by atoms with Gasteiger partial charge in [0.05, 0.1) is 67.4 Å². The maximum atomic E-state index is 11.3. The fourth-order valence-corrected chi connectivity index (χ4v) is 13.4. The van der Waals surface area contributed by atoms with Crippen LogP contribution in [0.15, 0.2) is 273 Å². The topological polar surface area (TPSA) is 106 Å². The van der Waals surface area contributed by atoms with Crippen molar-refractivity contribution in [3.8, 4) is 80.2 Å². The zero-order chi connectivity index (χ0) is 57.0. The third kappa shape index (κ3) is 7.32. The van der Waals surface area contributed by atoms with Crippen LogP contribution in [-0.2, 0) is 0 Å². The van der Waals surface area contributed by atoms with E-state index < -0.39 is 0 Å². The summed E-state index contributed by atoms with van der Waals surface area (Å²) in [6, 6.07) is 99.4. The number of benzene rings is 12. The molecule has 0 atom stereocenters. The van der Waals surface area contributed by atoms with Gasteiger partial charge in [0, 0.05) is 82.5 Å². The first-order valence-electron chi connectivity index (χ1n) is 28.6. The summed E-state index contributed by atoms with van der Waals surface area (Å²) in [5.41, 5.74) is 17.3. The molecule has 12 aromatic carbocycles. The molecule has 0 aliphatic heterocycles. The lowest BCUT2D eigenvalue weighted by atomic mass is 9.96. The molecule has 0 saturated heterocycles. The molecule has 86 heavy (non-hydrogen) atoms. The van der Waals surface area contributed by atoms with Gasteiger partial charge in [-0.05, 0) is 120 Å². The summed E-state index contributed by atoms with van der Waals surface area (Å²) >= 11 is 0. The third-order valence-electron chi connectivity index (χ3n) is 17.1. The first-order valence-corrected chi connectivity index (χ1v) is 28.6. The highest BCUT2D eigenvalue weighted by molar-refractivity contribution is 6.27. The van der Waals surface area contributed by atoms with Crippen molar-refractivity contribution in [3.63, 3.8) is 0 Å². The summed E-state index contributed by atoms with van der Waals surface area (Å²) in [5.74, 6) is 1.23. The number of hydrogen-bond acceptors (Lipinski definition) is 5. The minimum absolute atomic E-state index is 0.356. The summed E-state index contributed by atoms with van der Waals surface area (Å²) in [6.07, 6.45) is 0. The van der Waals surface area contributed by atoms with Gasteiger partial charge in [0.15, 0.2) is 17.5 Å². The second-order valence-electron chi connectivity index (χ2n) is 21.7. The zero-order valence-corrected chi connectivity index (χ0v) is 46.0. The van der Waals surface area contributed by atoms with Crippen LogP contribution in [0.3, 0.4) is 0 Å². The van der Waals surface area contributed by atoms with Crippen LogP contribution in [0.2, 0.25) is 0 Å². The minimum atomic E-state index is 0.356. The van der Waals surface area contributed by atoms with Gasteiger partial charge in [-0.15, -0.1) is 0 Å². The first-order chi connectivity index (χ1) is 42.6. The quantitative estimate of drug-likeness (QED) is 0.151. The van der Waals surface area contributed by atoms with Gasteiger partial charge in [-0.2, -0.15) is 10.5 Å². The molecule has 5 heterocycles. The monoisotopic (exact) mass is 1100 g/mol. The third-order valence-corrected chi connectivity index (χ3v) is 17.1. The van der Waals surface area contributed by atoms with Crippen molar-refractivity contribution in [2.75, 3.05) is 0 Å². The summed E-state index contributed by atoms with van der Waals surface area (Å²) < 4.78 is 9.38. The van der Waals surface area contributed by atoms with Gasteiger partial charge in [0.25, 0.3) is 0 Å². The van der Waals surface area contributed by atoms with Gasteiger partial charge < -0.3 is 18.3 Å². The number of nitrogens with zero attached hydrogens (tertiary/aromatic N) is 9. The number of hydrogen-bond donors (Lipinski definition) is 0. The Morgan fingerprint density at radius 2 is 0.709 bits per heavy atom. The van der Waals surface area contributed by atoms with Gasteiger partial charge in [0.2, 0.25) is 0 Å². The Morgan fingerprint density at radius 3 is 1.24 bits per heavy atom. The Hall–Kier alpha value is -12.2. The molecule has 0 amide bonds. The molecule has 0 aliphatic rings. The summed E-state index contributed by atoms with van der Waals surface area (Å²) in [5, 5.41) is 30.9. The van der Waals surface area contributed by atoms with Crippen LogP contribution < -0.4 is 0 Å². The zero-order valence-electron chi connectivity index (χ0n) is 46.0. The maximum Gasteiger partial charge on any atom is 0.165 e. The lowest BCUT2D eigenvalue weighted by Gasteiger charge is -2.16. The summed E-state index contributed by atoms with van der Waals surface area (Å²) in [6.45, 7) is 0. The minimum Gasteiger partial charge on any atom is -0.309 e. The molecular weight excluding hydrogens is 1050 g/mol. The van der Waals surface area contributed by atoms with Crippen LogP contribution in [0.25, 0.3) is 155 Å². The molecule has 0 radical (unpaired) electrons. The molecule has 0 aliphatic carbocycles. The molecule has 0 unspecified atom stereocenters. The van der Waals surface area contributed by atoms with Crippen molar-refractivity contribution < 1.29 is 0 Å². The smallest absolute Gasteiger partial charge is 0.165 e. The molecule has 0 fully saturated rings. The van der Waals surface area contributed by atoms with Crippen LogP contribution in [0.1, 0.15) is 11.1 Å². The highest BCUT2D eigenvalue weighted by Crippen LogP contribution is 2.46. The predicted molar refractivity (Wildman–Crippen MR) is 348 cm³/mol. The highest BCUT2D eigenvalue weighted by Gasteiger charge is 2.25. The maximum absolute atomic E-state index is 11.3. The summed E-state index contributed by atoms with van der Waals surface area (Å²) in [4.78, 5) is 15.8. The second-order valence-corrected chi connectivity index (χ2v) is 21.7. The molecule has 17 rings (SSSR count). The van der Waals surface area contributed by atoms with E-state index in [9.17, 15) is 10.5 Å². The normalized spacial score (nSPS) is 11.7. The molecule has 0 saturated carbocycles. The van der Waals surface area contributed by atoms with Crippen LogP contribution in [0.4, 0.5) is 0 Å². The Morgan fingerprint density at radius 1 is 0.267 bits per heavy atom. The van der Waals surface area contributed by atoms with E-state index in [1.165, 1.54) is 21.5 Å². The number of rotatable bonds is 8. The van der Waals surface area contributed by atoms with Gasteiger partial charge in [-0.3, -0.25) is 0 Å². The first kappa shape index (κ1) is 48.5. The van der Waals surface area contributed by atoms with Crippen molar-refractivity contribution in [2.24, 2.45) is 0 Å². The molecule has 9 nitrogen and oxygen atoms in total. The molecule has 9 heteroatoms. The number of aromatic nitrogens is 7. The van der Waals surface area contributed by atoms with E-state index in [0.29, 0.717) is 34.2 Å². The van der Waals surface area contributed by atoms with Crippen LogP contribution >= 0.6 is 0 Å². The van der Waals surface area contributed by atoms with Crippen molar-refractivity contribution in [1.29, 1.82) is 10.5 Å². The van der Waals surface area contributed by atoms with Crippen LogP contribution in [-0.4, -0.2) is 33.2 Å². The van der Waals surface area contributed by atoms with E-state index in [-0.39, 0.29) is 0 Å². The van der Waals surface area contributed by atoms with Gasteiger partial charge in [-0.25, -0.2) is 15.0 Å². The van der Waals surface area contributed by atoms with Crippen molar-refractivity contribution in [1.82, 2.24) is 33.2 Å². The Kier molecular flexibility index (Phi) is 10.8. The van der Waals surface area contributed by atoms with E-state index in [1.54, 1.807) is 0 Å². The highest BCUT2D eigenvalue weighted by atomic mass is 15.1. The van der Waals surface area contributed by atoms with Crippen LogP contribution in [0, 0.1) is 22.7 Å². The SMILES string of the molecule is N#Cc1cccc(-c2cc(-n3c4ccccc4c4c3ccc3c5ccccc5n(-c5ccccc5)c34)ccc2-c2nc(-c3ccccc3)nc(-c3ccc(-n4c5ccccc5c5c4ccc4c6ccccc6n(-c6ccccc6)c45)cc3C#N)n2)c1. The molecule has 398 valence electrons. The molecule has 17 aromatic rings. The van der Waals surface area contributed by atoms with Crippen molar-refractivity contribution in [2.45, 2.75) is 0 Å². The Balaban J connectivity index is 0.867. The van der Waals surface area contributed by atoms with Gasteiger partial charge >= 0.3 is 0 Å². The second kappa shape index (κ2) is 19.2. The molecule has 0 N–H and O–H groups in total. The lowest BCUT2D eigenvalue weighted by molar-refractivity contribution is 1.07. The fourth-order valence-electron chi connectivity index (χ4n) is 13.4. The van der Waals surface area contributed by atoms with E-state index in [4.69, 9.17) is 15.0 Å². The van der Waals surface area contributed by atoms with Crippen molar-refractivity contribution in [3.05, 3.63) is 284 Å². The van der Waals surface area contributed by atoms with E-state index in [0.717, 1.165) is 111 Å². The molecule has 0 bridgehead atoms. The van der Waals surface area contributed by atoms with Crippen molar-refractivity contribution >= 4 is 87.2 Å². The predicted octanol–water partition coefficient (Wildman–Crippen LogP) is 18.7. The van der Waals surface area contributed by atoms with Gasteiger partial charge in [0.1, 0.15) is 0 Å². The molecule has 0 spiro atoms. The van der Waals surface area contributed by atoms with E-state index in [2.05, 4.69) is 237 Å². The fraction of sp³-hybridized carbons (Fsp3) is 0. The van der Waals surface area contributed by atoms with Crippen LogP contribution in [0.5, 0.6) is 0 Å². The number of fused-ring (bicyclic) bond motifs is 14.